The Morgan fingerprint density at radius 2 is 2.39 bits per heavy atom. The maximum Gasteiger partial charge on any atom is 0.340 e. The van der Waals surface area contributed by atoms with Gasteiger partial charge in [0, 0.05) is 11.6 Å². The van der Waals surface area contributed by atoms with Crippen LogP contribution in [0.1, 0.15) is 16.2 Å². The Labute approximate surface area is 114 Å². The van der Waals surface area contributed by atoms with E-state index >= 15 is 0 Å². The summed E-state index contributed by atoms with van der Waals surface area (Å²) in [4.78, 5) is 19.2. The molecule has 0 spiro atoms. The van der Waals surface area contributed by atoms with Gasteiger partial charge in [-0.1, -0.05) is 6.07 Å². The van der Waals surface area contributed by atoms with Crippen molar-refractivity contribution >= 4 is 40.4 Å². The summed E-state index contributed by atoms with van der Waals surface area (Å²) >= 11 is 7.32. The molecular formula is C12H13ClN2O2S. The number of thioether (sulfide) groups is 1. The van der Waals surface area contributed by atoms with E-state index in [4.69, 9.17) is 16.3 Å². The molecule has 1 heterocycles. The third-order valence-electron chi connectivity index (χ3n) is 2.43. The van der Waals surface area contributed by atoms with Crippen molar-refractivity contribution in [2.45, 2.75) is 5.75 Å². The average Bonchev–Trinajstić information content (AvgIpc) is 2.80. The molecule has 1 N–H and O–H groups in total. The number of nitrogens with one attached hydrogen (secondary N) is 1. The van der Waals surface area contributed by atoms with Crippen molar-refractivity contribution in [3.8, 4) is 0 Å². The molecule has 0 fully saturated rings. The van der Waals surface area contributed by atoms with Crippen molar-refractivity contribution in [1.82, 2.24) is 9.97 Å². The fourth-order valence-corrected chi connectivity index (χ4v) is 2.56. The molecule has 0 radical (unpaired) electrons. The van der Waals surface area contributed by atoms with Crippen molar-refractivity contribution in [1.29, 1.82) is 0 Å². The van der Waals surface area contributed by atoms with Gasteiger partial charge in [0.2, 0.25) is 0 Å². The minimum Gasteiger partial charge on any atom is -0.465 e. The number of alkyl halides is 1. The van der Waals surface area contributed by atoms with E-state index in [0.29, 0.717) is 17.0 Å². The Morgan fingerprint density at radius 1 is 1.56 bits per heavy atom. The van der Waals surface area contributed by atoms with Crippen LogP contribution in [0.2, 0.25) is 0 Å². The molecule has 2 aromatic rings. The minimum atomic E-state index is -0.368. The van der Waals surface area contributed by atoms with Gasteiger partial charge in [-0.25, -0.2) is 9.78 Å². The van der Waals surface area contributed by atoms with E-state index in [9.17, 15) is 4.79 Å². The fourth-order valence-electron chi connectivity index (χ4n) is 1.65. The van der Waals surface area contributed by atoms with Crippen LogP contribution in [0.3, 0.4) is 0 Å². The van der Waals surface area contributed by atoms with Crippen molar-refractivity contribution in [2.75, 3.05) is 18.7 Å². The Balaban J connectivity index is 2.29. The zero-order valence-corrected chi connectivity index (χ0v) is 11.5. The summed E-state index contributed by atoms with van der Waals surface area (Å²) in [7, 11) is 1.37. The summed E-state index contributed by atoms with van der Waals surface area (Å²) < 4.78 is 4.74. The Morgan fingerprint density at radius 3 is 3.11 bits per heavy atom. The zero-order chi connectivity index (χ0) is 13.0. The smallest absolute Gasteiger partial charge is 0.340 e. The molecule has 1 aromatic heterocycles. The van der Waals surface area contributed by atoms with Crippen LogP contribution in [0.15, 0.2) is 18.2 Å². The van der Waals surface area contributed by atoms with Crippen LogP contribution in [-0.4, -0.2) is 34.7 Å². The summed E-state index contributed by atoms with van der Waals surface area (Å²) in [5, 5.41) is 0. The van der Waals surface area contributed by atoms with Gasteiger partial charge < -0.3 is 9.72 Å². The first kappa shape index (κ1) is 13.2. The first-order valence-electron chi connectivity index (χ1n) is 5.46. The third-order valence-corrected chi connectivity index (χ3v) is 3.81. The number of para-hydroxylation sites is 1. The van der Waals surface area contributed by atoms with Crippen LogP contribution < -0.4 is 0 Å². The number of carbonyl (C=O) groups is 1. The number of halogens is 1. The normalized spacial score (nSPS) is 10.8. The SMILES string of the molecule is COC(=O)c1cccc2[nH]c(CSCCCl)nc12. The lowest BCUT2D eigenvalue weighted by Crippen LogP contribution is -2.01. The number of benzene rings is 1. The van der Waals surface area contributed by atoms with Crippen LogP contribution in [0.5, 0.6) is 0 Å². The largest absolute Gasteiger partial charge is 0.465 e. The number of hydrogen-bond donors (Lipinski definition) is 1. The van der Waals surface area contributed by atoms with Gasteiger partial charge in [0.05, 0.1) is 23.9 Å². The molecule has 1 aromatic carbocycles. The molecule has 0 bridgehead atoms. The molecule has 2 rings (SSSR count). The third kappa shape index (κ3) is 2.79. The van der Waals surface area contributed by atoms with E-state index in [-0.39, 0.29) is 5.97 Å². The second-order valence-corrected chi connectivity index (χ2v) is 5.10. The number of hydrogen-bond acceptors (Lipinski definition) is 4. The second-order valence-electron chi connectivity index (χ2n) is 3.62. The standard InChI is InChI=1S/C12H13ClN2O2S/c1-17-12(16)8-3-2-4-9-11(8)15-10(14-9)7-18-6-5-13/h2-4H,5-7H2,1H3,(H,14,15). The van der Waals surface area contributed by atoms with Gasteiger partial charge in [-0.2, -0.15) is 11.8 Å². The molecule has 6 heteroatoms. The molecule has 0 unspecified atom stereocenters. The predicted molar refractivity (Wildman–Crippen MR) is 74.3 cm³/mol. The van der Waals surface area contributed by atoms with Crippen LogP contribution in [0.4, 0.5) is 0 Å². The molecule has 0 saturated carbocycles. The van der Waals surface area contributed by atoms with E-state index in [1.54, 1.807) is 17.8 Å². The lowest BCUT2D eigenvalue weighted by atomic mass is 10.2. The number of imidazole rings is 1. The monoisotopic (exact) mass is 284 g/mol. The highest BCUT2D eigenvalue weighted by Gasteiger charge is 2.13. The van der Waals surface area contributed by atoms with Gasteiger partial charge in [-0.3, -0.25) is 0 Å². The maximum absolute atomic E-state index is 11.6. The number of H-pyrrole nitrogens is 1. The summed E-state index contributed by atoms with van der Waals surface area (Å²) in [5.41, 5.74) is 1.99. The molecular weight excluding hydrogens is 272 g/mol. The van der Waals surface area contributed by atoms with Gasteiger partial charge in [0.25, 0.3) is 0 Å². The first-order chi connectivity index (χ1) is 8.76. The highest BCUT2D eigenvalue weighted by Crippen LogP contribution is 2.19. The number of nitrogens with zero attached hydrogens (tertiary/aromatic N) is 1. The van der Waals surface area contributed by atoms with Crippen molar-refractivity contribution < 1.29 is 9.53 Å². The molecule has 0 saturated heterocycles. The van der Waals surface area contributed by atoms with E-state index in [1.807, 2.05) is 12.1 Å². The van der Waals surface area contributed by atoms with Crippen molar-refractivity contribution in [3.63, 3.8) is 0 Å². The molecule has 4 nitrogen and oxygen atoms in total. The molecule has 0 aliphatic rings. The average molecular weight is 285 g/mol. The van der Waals surface area contributed by atoms with Gasteiger partial charge >= 0.3 is 5.97 Å². The summed E-state index contributed by atoms with van der Waals surface area (Å²) in [6, 6.07) is 5.41. The lowest BCUT2D eigenvalue weighted by molar-refractivity contribution is 0.0603. The maximum atomic E-state index is 11.6. The predicted octanol–water partition coefficient (Wildman–Crippen LogP) is 2.82. The van der Waals surface area contributed by atoms with E-state index in [2.05, 4.69) is 9.97 Å². The van der Waals surface area contributed by atoms with Crippen LogP contribution in [0, 0.1) is 0 Å². The van der Waals surface area contributed by atoms with Crippen LogP contribution in [-0.2, 0) is 10.5 Å². The van der Waals surface area contributed by atoms with Crippen molar-refractivity contribution in [3.05, 3.63) is 29.6 Å². The van der Waals surface area contributed by atoms with Crippen LogP contribution >= 0.6 is 23.4 Å². The molecule has 0 atom stereocenters. The van der Waals surface area contributed by atoms with E-state index in [0.717, 1.165) is 22.8 Å². The first-order valence-corrected chi connectivity index (χ1v) is 7.15. The molecule has 0 aliphatic carbocycles. The Hall–Kier alpha value is -1.20. The molecule has 96 valence electrons. The summed E-state index contributed by atoms with van der Waals surface area (Å²) in [6.45, 7) is 0. The molecule has 0 amide bonds. The Kier molecular flexibility index (Phi) is 4.49. The quantitative estimate of drug-likeness (QED) is 0.521. The number of fused-ring (bicyclic) bond motifs is 1. The molecule has 0 aliphatic heterocycles. The Bertz CT molecular complexity index is 556. The summed E-state index contributed by atoms with van der Waals surface area (Å²) in [5.74, 6) is 2.73. The highest BCUT2D eigenvalue weighted by atomic mass is 35.5. The number of aromatic nitrogens is 2. The number of rotatable bonds is 5. The van der Waals surface area contributed by atoms with Gasteiger partial charge in [0.1, 0.15) is 11.3 Å². The number of ether oxygens (including phenoxy) is 1. The highest BCUT2D eigenvalue weighted by molar-refractivity contribution is 7.98. The van der Waals surface area contributed by atoms with Crippen molar-refractivity contribution in [2.24, 2.45) is 0 Å². The topological polar surface area (TPSA) is 55.0 Å². The number of esters is 1. The zero-order valence-electron chi connectivity index (χ0n) is 9.90. The van der Waals surface area contributed by atoms with Gasteiger partial charge in [-0.05, 0) is 12.1 Å². The fraction of sp³-hybridized carbons (Fsp3) is 0.333. The second kappa shape index (κ2) is 6.11. The van der Waals surface area contributed by atoms with Crippen LogP contribution in [0.25, 0.3) is 11.0 Å². The number of aromatic amines is 1. The summed E-state index contributed by atoms with van der Waals surface area (Å²) in [6.07, 6.45) is 0. The minimum absolute atomic E-state index is 0.368. The lowest BCUT2D eigenvalue weighted by Gasteiger charge is -1.98. The number of carbonyl (C=O) groups excluding carboxylic acids is 1. The van der Waals surface area contributed by atoms with E-state index in [1.165, 1.54) is 7.11 Å². The van der Waals surface area contributed by atoms with Gasteiger partial charge in [0.15, 0.2) is 0 Å². The van der Waals surface area contributed by atoms with Gasteiger partial charge in [-0.15, -0.1) is 11.6 Å². The number of methoxy groups -OCH3 is 1. The molecule has 18 heavy (non-hydrogen) atoms. The van der Waals surface area contributed by atoms with E-state index < -0.39 is 0 Å².